The zero-order valence-electron chi connectivity index (χ0n) is 18.0. The van der Waals surface area contributed by atoms with E-state index in [9.17, 15) is 9.59 Å². The molecule has 0 aliphatic carbocycles. The number of rotatable bonds is 7. The molecule has 164 valence electrons. The van der Waals surface area contributed by atoms with E-state index in [4.69, 9.17) is 19.5 Å². The van der Waals surface area contributed by atoms with Crippen molar-refractivity contribution in [3.8, 4) is 28.1 Å². The number of para-hydroxylation sites is 1. The van der Waals surface area contributed by atoms with Crippen LogP contribution in [0.25, 0.3) is 10.6 Å². The molecule has 0 spiro atoms. The zero-order chi connectivity index (χ0) is 23.3. The molecule has 9 heteroatoms. The van der Waals surface area contributed by atoms with Crippen LogP contribution >= 0.6 is 11.3 Å². The van der Waals surface area contributed by atoms with Gasteiger partial charge in [-0.2, -0.15) is 5.26 Å². The Morgan fingerprint density at radius 3 is 2.53 bits per heavy atom. The highest BCUT2D eigenvalue weighted by atomic mass is 32.1. The zero-order valence-corrected chi connectivity index (χ0v) is 18.8. The summed E-state index contributed by atoms with van der Waals surface area (Å²) in [6.45, 7) is 3.17. The van der Waals surface area contributed by atoms with Crippen molar-refractivity contribution in [3.63, 3.8) is 0 Å². The third-order valence-electron chi connectivity index (χ3n) is 4.57. The Hall–Kier alpha value is -3.90. The van der Waals surface area contributed by atoms with E-state index in [-0.39, 0.29) is 0 Å². The van der Waals surface area contributed by atoms with Gasteiger partial charge >= 0.3 is 5.97 Å². The summed E-state index contributed by atoms with van der Waals surface area (Å²) >= 11 is 1.16. The number of aromatic nitrogens is 1. The SMILES string of the molecule is COc1ccc(-c2nc(C)c(C(=O)OC(C)C(=O)Nc3ccccc3C#N)s2)cc1OC. The van der Waals surface area contributed by atoms with E-state index >= 15 is 0 Å². The molecule has 8 nitrogen and oxygen atoms in total. The minimum absolute atomic E-state index is 0.298. The number of ether oxygens (including phenoxy) is 3. The Labute approximate surface area is 189 Å². The van der Waals surface area contributed by atoms with Gasteiger partial charge in [0.15, 0.2) is 17.6 Å². The van der Waals surface area contributed by atoms with Gasteiger partial charge in [0.2, 0.25) is 0 Å². The molecule has 1 aromatic heterocycles. The van der Waals surface area contributed by atoms with Gasteiger partial charge in [0.05, 0.1) is 31.2 Å². The van der Waals surface area contributed by atoms with Gasteiger partial charge in [-0.25, -0.2) is 9.78 Å². The van der Waals surface area contributed by atoms with Crippen molar-refractivity contribution >= 4 is 28.9 Å². The van der Waals surface area contributed by atoms with Gasteiger partial charge in [0.25, 0.3) is 5.91 Å². The summed E-state index contributed by atoms with van der Waals surface area (Å²) in [5.74, 6) is -0.0572. The Kier molecular flexibility index (Phi) is 7.07. The van der Waals surface area contributed by atoms with Crippen molar-refractivity contribution in [1.29, 1.82) is 5.26 Å². The molecular formula is C23H21N3O5S. The predicted molar refractivity (Wildman–Crippen MR) is 120 cm³/mol. The monoisotopic (exact) mass is 451 g/mol. The lowest BCUT2D eigenvalue weighted by molar-refractivity contribution is -0.123. The van der Waals surface area contributed by atoms with E-state index in [0.29, 0.717) is 38.3 Å². The lowest BCUT2D eigenvalue weighted by atomic mass is 10.2. The maximum atomic E-state index is 12.7. The van der Waals surface area contributed by atoms with E-state index in [1.165, 1.54) is 6.92 Å². The molecule has 1 heterocycles. The molecule has 1 amide bonds. The number of carbonyl (C=O) groups excluding carboxylic acids is 2. The predicted octanol–water partition coefficient (Wildman–Crippen LogP) is 4.19. The van der Waals surface area contributed by atoms with Crippen LogP contribution in [0.15, 0.2) is 42.5 Å². The lowest BCUT2D eigenvalue weighted by Gasteiger charge is -2.13. The largest absolute Gasteiger partial charge is 0.493 e. The van der Waals surface area contributed by atoms with Crippen molar-refractivity contribution < 1.29 is 23.8 Å². The minimum Gasteiger partial charge on any atom is -0.493 e. The number of amides is 1. The second-order valence-corrected chi connectivity index (χ2v) is 7.70. The van der Waals surface area contributed by atoms with Crippen molar-refractivity contribution in [2.24, 2.45) is 0 Å². The first-order chi connectivity index (χ1) is 15.4. The van der Waals surface area contributed by atoms with Gasteiger partial charge < -0.3 is 19.5 Å². The van der Waals surface area contributed by atoms with Gasteiger partial charge in [-0.15, -0.1) is 11.3 Å². The van der Waals surface area contributed by atoms with Crippen LogP contribution in [0.3, 0.4) is 0 Å². The third kappa shape index (κ3) is 4.87. The first-order valence-corrected chi connectivity index (χ1v) is 10.4. The number of aryl methyl sites for hydroxylation is 1. The maximum Gasteiger partial charge on any atom is 0.351 e. The van der Waals surface area contributed by atoms with Crippen LogP contribution in [-0.4, -0.2) is 37.2 Å². The molecule has 1 atom stereocenters. The van der Waals surface area contributed by atoms with E-state index in [1.54, 1.807) is 57.5 Å². The van der Waals surface area contributed by atoms with Gasteiger partial charge in [-0.3, -0.25) is 4.79 Å². The summed E-state index contributed by atoms with van der Waals surface area (Å²) < 4.78 is 15.9. The minimum atomic E-state index is -1.07. The number of methoxy groups -OCH3 is 2. The van der Waals surface area contributed by atoms with Crippen LogP contribution in [0.2, 0.25) is 0 Å². The second-order valence-electron chi connectivity index (χ2n) is 6.70. The molecule has 2 aromatic carbocycles. The second kappa shape index (κ2) is 9.94. The van der Waals surface area contributed by atoms with Crippen LogP contribution in [0.4, 0.5) is 5.69 Å². The molecule has 0 aliphatic rings. The maximum absolute atomic E-state index is 12.7. The Morgan fingerprint density at radius 1 is 1.12 bits per heavy atom. The van der Waals surface area contributed by atoms with Gasteiger partial charge in [0, 0.05) is 5.56 Å². The number of thiazole rings is 1. The molecule has 1 N–H and O–H groups in total. The fraction of sp³-hybridized carbons (Fsp3) is 0.217. The number of benzene rings is 2. The molecule has 32 heavy (non-hydrogen) atoms. The molecule has 1 unspecified atom stereocenters. The lowest BCUT2D eigenvalue weighted by Crippen LogP contribution is -2.30. The number of carbonyl (C=O) groups is 2. The smallest absolute Gasteiger partial charge is 0.351 e. The number of hydrogen-bond donors (Lipinski definition) is 1. The number of hydrogen-bond acceptors (Lipinski definition) is 8. The summed E-state index contributed by atoms with van der Waals surface area (Å²) in [7, 11) is 3.09. The first kappa shape index (κ1) is 22.8. The molecule has 3 rings (SSSR count). The summed E-state index contributed by atoms with van der Waals surface area (Å²) in [6, 6.07) is 13.9. The van der Waals surface area contributed by atoms with E-state index in [0.717, 1.165) is 16.9 Å². The van der Waals surface area contributed by atoms with E-state index in [1.807, 2.05) is 12.1 Å². The van der Waals surface area contributed by atoms with Gasteiger partial charge in [-0.05, 0) is 44.2 Å². The van der Waals surface area contributed by atoms with Gasteiger partial charge in [-0.1, -0.05) is 12.1 Å². The quantitative estimate of drug-likeness (QED) is 0.536. The molecule has 0 saturated heterocycles. The molecular weight excluding hydrogens is 430 g/mol. The highest BCUT2D eigenvalue weighted by Gasteiger charge is 2.24. The summed E-state index contributed by atoms with van der Waals surface area (Å²) in [5, 5.41) is 12.4. The summed E-state index contributed by atoms with van der Waals surface area (Å²) in [4.78, 5) is 29.9. The Morgan fingerprint density at radius 2 is 1.84 bits per heavy atom. The highest BCUT2D eigenvalue weighted by Crippen LogP contribution is 2.35. The fourth-order valence-electron chi connectivity index (χ4n) is 2.87. The van der Waals surface area contributed by atoms with Crippen LogP contribution in [0, 0.1) is 18.3 Å². The summed E-state index contributed by atoms with van der Waals surface area (Å²) in [5.41, 5.74) is 1.92. The van der Waals surface area contributed by atoms with E-state index in [2.05, 4.69) is 10.3 Å². The van der Waals surface area contributed by atoms with Crippen molar-refractivity contribution in [1.82, 2.24) is 4.98 Å². The highest BCUT2D eigenvalue weighted by molar-refractivity contribution is 7.17. The van der Waals surface area contributed by atoms with Crippen LogP contribution in [-0.2, 0) is 9.53 Å². The third-order valence-corrected chi connectivity index (χ3v) is 5.76. The van der Waals surface area contributed by atoms with E-state index < -0.39 is 18.0 Å². The molecule has 0 saturated carbocycles. The molecule has 0 fully saturated rings. The van der Waals surface area contributed by atoms with Crippen LogP contribution in [0.5, 0.6) is 11.5 Å². The standard InChI is InChI=1S/C23H21N3O5S/c1-13-20(32-22(25-13)15-9-10-18(29-3)19(11-15)30-4)23(28)31-14(2)21(27)26-17-8-6-5-7-16(17)12-24/h5-11,14H,1-4H3,(H,26,27). The average Bonchev–Trinajstić information content (AvgIpc) is 3.20. The first-order valence-electron chi connectivity index (χ1n) is 9.58. The van der Waals surface area contributed by atoms with Crippen LogP contribution in [0.1, 0.15) is 27.9 Å². The number of esters is 1. The number of nitrogens with zero attached hydrogens (tertiary/aromatic N) is 2. The average molecular weight is 452 g/mol. The van der Waals surface area contributed by atoms with Crippen molar-refractivity contribution in [2.45, 2.75) is 20.0 Å². The van der Waals surface area contributed by atoms with Crippen molar-refractivity contribution in [3.05, 3.63) is 58.6 Å². The Balaban J connectivity index is 1.74. The fourth-order valence-corrected chi connectivity index (χ4v) is 3.82. The molecule has 0 bridgehead atoms. The molecule has 3 aromatic rings. The Bertz CT molecular complexity index is 1200. The van der Waals surface area contributed by atoms with Gasteiger partial charge in [0.1, 0.15) is 16.0 Å². The number of nitrogens with one attached hydrogen (secondary N) is 1. The topological polar surface area (TPSA) is 111 Å². The van der Waals surface area contributed by atoms with Crippen molar-refractivity contribution in [2.75, 3.05) is 19.5 Å². The van der Waals surface area contributed by atoms with Crippen LogP contribution < -0.4 is 14.8 Å². The number of nitriles is 1. The number of anilines is 1. The molecule has 0 radical (unpaired) electrons. The molecule has 0 aliphatic heterocycles. The normalized spacial score (nSPS) is 11.2. The summed E-state index contributed by atoms with van der Waals surface area (Å²) in [6.07, 6.45) is -1.07.